The summed E-state index contributed by atoms with van der Waals surface area (Å²) in [4.78, 5) is 35.1. The Morgan fingerprint density at radius 1 is 0.808 bits per heavy atom. The van der Waals surface area contributed by atoms with Gasteiger partial charge in [-0.3, -0.25) is 14.4 Å². The average molecular weight is 355 g/mol. The van der Waals surface area contributed by atoms with Crippen molar-refractivity contribution < 1.29 is 19.1 Å². The Balaban J connectivity index is 1.95. The van der Waals surface area contributed by atoms with Gasteiger partial charge in [-0.2, -0.15) is 0 Å². The first kappa shape index (κ1) is 19.0. The smallest absolute Gasteiger partial charge is 0.314 e. The van der Waals surface area contributed by atoms with E-state index in [0.717, 1.165) is 0 Å². The van der Waals surface area contributed by atoms with Gasteiger partial charge in [-0.05, 0) is 56.3 Å². The van der Waals surface area contributed by atoms with Crippen LogP contribution in [-0.2, 0) is 14.4 Å². The van der Waals surface area contributed by atoms with Gasteiger partial charge in [0.05, 0.1) is 6.10 Å². The van der Waals surface area contributed by atoms with E-state index in [1.807, 2.05) is 13.8 Å². The number of carbonyl (C=O) groups is 3. The van der Waals surface area contributed by atoms with Crippen molar-refractivity contribution in [2.75, 3.05) is 16.0 Å². The molecule has 7 nitrogen and oxygen atoms in total. The second-order valence-electron chi connectivity index (χ2n) is 5.86. The van der Waals surface area contributed by atoms with Gasteiger partial charge in [-0.15, -0.1) is 0 Å². The maximum atomic E-state index is 12.0. The topological polar surface area (TPSA) is 96.5 Å². The lowest BCUT2D eigenvalue weighted by Crippen LogP contribution is -2.29. The van der Waals surface area contributed by atoms with Crippen molar-refractivity contribution in [3.8, 4) is 5.75 Å². The second kappa shape index (κ2) is 8.66. The van der Waals surface area contributed by atoms with Crippen molar-refractivity contribution >= 4 is 34.8 Å². The zero-order valence-electron chi connectivity index (χ0n) is 14.8. The summed E-state index contributed by atoms with van der Waals surface area (Å²) in [6.45, 7) is 5.22. The summed E-state index contributed by atoms with van der Waals surface area (Å²) in [5.41, 5.74) is 1.40. The molecule has 0 atom stereocenters. The van der Waals surface area contributed by atoms with Gasteiger partial charge in [0.25, 0.3) is 0 Å². The Bertz CT molecular complexity index is 801. The number of rotatable bonds is 5. The van der Waals surface area contributed by atoms with Gasteiger partial charge >= 0.3 is 11.8 Å². The van der Waals surface area contributed by atoms with E-state index < -0.39 is 11.8 Å². The maximum Gasteiger partial charge on any atom is 0.314 e. The number of nitrogens with one attached hydrogen (secondary N) is 3. The lowest BCUT2D eigenvalue weighted by molar-refractivity contribution is -0.132. The summed E-state index contributed by atoms with van der Waals surface area (Å²) < 4.78 is 5.52. The molecule has 3 amide bonds. The number of amides is 3. The normalized spacial score (nSPS) is 10.2. The fourth-order valence-corrected chi connectivity index (χ4v) is 2.14. The molecule has 2 rings (SSSR count). The Hall–Kier alpha value is -3.35. The third-order valence-electron chi connectivity index (χ3n) is 3.13. The zero-order chi connectivity index (χ0) is 19.1. The highest BCUT2D eigenvalue weighted by Crippen LogP contribution is 2.18. The number of anilines is 3. The molecule has 2 aromatic rings. The molecule has 7 heteroatoms. The van der Waals surface area contributed by atoms with Crippen molar-refractivity contribution in [3.63, 3.8) is 0 Å². The minimum absolute atomic E-state index is 0.0504. The van der Waals surface area contributed by atoms with Crippen LogP contribution < -0.4 is 20.7 Å². The van der Waals surface area contributed by atoms with Crippen molar-refractivity contribution in [1.29, 1.82) is 0 Å². The molecule has 3 N–H and O–H groups in total. The van der Waals surface area contributed by atoms with Crippen molar-refractivity contribution in [3.05, 3.63) is 48.5 Å². The summed E-state index contributed by atoms with van der Waals surface area (Å²) in [5.74, 6) is -1.16. The average Bonchev–Trinajstić information content (AvgIpc) is 2.55. The van der Waals surface area contributed by atoms with Crippen LogP contribution in [0.3, 0.4) is 0 Å². The van der Waals surface area contributed by atoms with Crippen LogP contribution in [0.1, 0.15) is 20.8 Å². The van der Waals surface area contributed by atoms with Gasteiger partial charge in [0, 0.05) is 24.0 Å². The number of hydrogen-bond acceptors (Lipinski definition) is 4. The van der Waals surface area contributed by atoms with Crippen LogP contribution in [0, 0.1) is 0 Å². The van der Waals surface area contributed by atoms with Gasteiger partial charge < -0.3 is 20.7 Å². The predicted octanol–water partition coefficient (Wildman–Crippen LogP) is 3.01. The van der Waals surface area contributed by atoms with E-state index in [-0.39, 0.29) is 12.0 Å². The first-order valence-corrected chi connectivity index (χ1v) is 8.10. The van der Waals surface area contributed by atoms with Gasteiger partial charge in [0.1, 0.15) is 5.75 Å². The quantitative estimate of drug-likeness (QED) is 0.718. The van der Waals surface area contributed by atoms with Crippen molar-refractivity contribution in [2.45, 2.75) is 26.9 Å². The summed E-state index contributed by atoms with van der Waals surface area (Å²) in [6.07, 6.45) is 0.0504. The molecular formula is C19H21N3O4. The van der Waals surface area contributed by atoms with E-state index in [9.17, 15) is 14.4 Å². The van der Waals surface area contributed by atoms with Gasteiger partial charge in [0.15, 0.2) is 0 Å². The molecule has 136 valence electrons. The van der Waals surface area contributed by atoms with Crippen molar-refractivity contribution in [1.82, 2.24) is 0 Å². The fourth-order valence-electron chi connectivity index (χ4n) is 2.14. The van der Waals surface area contributed by atoms with Crippen molar-refractivity contribution in [2.24, 2.45) is 0 Å². The van der Waals surface area contributed by atoms with Crippen LogP contribution in [0.5, 0.6) is 5.75 Å². The van der Waals surface area contributed by atoms with Gasteiger partial charge in [-0.25, -0.2) is 0 Å². The molecule has 0 spiro atoms. The second-order valence-corrected chi connectivity index (χ2v) is 5.86. The molecule has 0 aliphatic carbocycles. The zero-order valence-corrected chi connectivity index (χ0v) is 14.8. The van der Waals surface area contributed by atoms with Crippen LogP contribution in [0.4, 0.5) is 17.1 Å². The van der Waals surface area contributed by atoms with Crippen LogP contribution in [0.2, 0.25) is 0 Å². The van der Waals surface area contributed by atoms with Crippen LogP contribution in [0.15, 0.2) is 48.5 Å². The lowest BCUT2D eigenvalue weighted by Gasteiger charge is -2.11. The van der Waals surface area contributed by atoms with E-state index in [0.29, 0.717) is 22.8 Å². The molecule has 0 bridgehead atoms. The summed E-state index contributed by atoms with van der Waals surface area (Å²) in [5, 5.41) is 7.60. The SMILES string of the molecule is CC(=O)Nc1cccc(NC(=O)C(=O)Nc2ccc(OC(C)C)cc2)c1. The molecular weight excluding hydrogens is 334 g/mol. The third-order valence-corrected chi connectivity index (χ3v) is 3.13. The lowest BCUT2D eigenvalue weighted by atomic mass is 10.2. The Kier molecular flexibility index (Phi) is 6.32. The molecule has 0 radical (unpaired) electrons. The first-order valence-electron chi connectivity index (χ1n) is 8.10. The molecule has 0 unspecified atom stereocenters. The third kappa shape index (κ3) is 5.94. The van der Waals surface area contributed by atoms with Gasteiger partial charge in [0.2, 0.25) is 5.91 Å². The van der Waals surface area contributed by atoms with E-state index in [1.165, 1.54) is 6.92 Å². The Morgan fingerprint density at radius 3 is 1.88 bits per heavy atom. The van der Waals surface area contributed by atoms with E-state index >= 15 is 0 Å². The highest BCUT2D eigenvalue weighted by molar-refractivity contribution is 6.43. The molecule has 2 aromatic carbocycles. The molecule has 26 heavy (non-hydrogen) atoms. The molecule has 0 aromatic heterocycles. The van der Waals surface area contributed by atoms with Gasteiger partial charge in [-0.1, -0.05) is 6.07 Å². The minimum Gasteiger partial charge on any atom is -0.491 e. The Morgan fingerprint density at radius 2 is 1.35 bits per heavy atom. The highest BCUT2D eigenvalue weighted by Gasteiger charge is 2.14. The van der Waals surface area contributed by atoms with E-state index in [4.69, 9.17) is 4.74 Å². The minimum atomic E-state index is -0.813. The Labute approximate surface area is 151 Å². The number of carbonyl (C=O) groups excluding carboxylic acids is 3. The molecule has 0 saturated heterocycles. The number of benzene rings is 2. The summed E-state index contributed by atoms with van der Waals surface area (Å²) in [7, 11) is 0. The fraction of sp³-hybridized carbons (Fsp3) is 0.211. The molecule has 0 heterocycles. The standard InChI is InChI=1S/C19H21N3O4/c1-12(2)26-17-9-7-14(8-10-17)21-18(24)19(25)22-16-6-4-5-15(11-16)20-13(3)23/h4-12H,1-3H3,(H,20,23)(H,21,24)(H,22,25). The van der Waals surface area contributed by atoms with E-state index in [1.54, 1.807) is 48.5 Å². The molecule has 0 saturated carbocycles. The molecule has 0 aliphatic rings. The van der Waals surface area contributed by atoms with Crippen LogP contribution in [0.25, 0.3) is 0 Å². The van der Waals surface area contributed by atoms with Crippen LogP contribution >= 0.6 is 0 Å². The monoisotopic (exact) mass is 355 g/mol. The number of ether oxygens (including phenoxy) is 1. The molecule has 0 aliphatic heterocycles. The largest absolute Gasteiger partial charge is 0.491 e. The maximum absolute atomic E-state index is 12.0. The van der Waals surface area contributed by atoms with E-state index in [2.05, 4.69) is 16.0 Å². The highest BCUT2D eigenvalue weighted by atomic mass is 16.5. The molecule has 0 fully saturated rings. The summed E-state index contributed by atoms with van der Waals surface area (Å²) >= 11 is 0. The summed E-state index contributed by atoms with van der Waals surface area (Å²) in [6, 6.07) is 13.2. The van der Waals surface area contributed by atoms with Crippen LogP contribution in [-0.4, -0.2) is 23.8 Å². The number of hydrogen-bond donors (Lipinski definition) is 3. The first-order chi connectivity index (χ1) is 12.3. The predicted molar refractivity (Wildman–Crippen MR) is 100 cm³/mol.